The highest BCUT2D eigenvalue weighted by molar-refractivity contribution is 5.80. The molecule has 0 heterocycles. The van der Waals surface area contributed by atoms with Gasteiger partial charge in [0.2, 0.25) is 0 Å². The van der Waals surface area contributed by atoms with E-state index in [1.54, 1.807) is 24.3 Å². The first-order valence-electron chi connectivity index (χ1n) is 7.69. The van der Waals surface area contributed by atoms with E-state index in [9.17, 15) is 13.2 Å². The number of hydrogen-bond donors (Lipinski definition) is 1. The molecule has 2 rings (SSSR count). The molecule has 0 amide bonds. The first-order valence-corrected chi connectivity index (χ1v) is 7.69. The maximum atomic E-state index is 12.9. The van der Waals surface area contributed by atoms with Gasteiger partial charge in [-0.3, -0.25) is 5.43 Å². The van der Waals surface area contributed by atoms with Crippen molar-refractivity contribution >= 4 is 11.9 Å². The second-order valence-corrected chi connectivity index (χ2v) is 5.18. The number of nitrogens with one attached hydrogen (secondary N) is 1. The Kier molecular flexibility index (Phi) is 6.23. The molecule has 0 bridgehead atoms. The number of ether oxygens (including phenoxy) is 1. The lowest BCUT2D eigenvalue weighted by atomic mass is 10.2. The molecule has 0 radical (unpaired) electrons. The van der Waals surface area contributed by atoms with E-state index >= 15 is 0 Å². The maximum Gasteiger partial charge on any atom is 0.418 e. The van der Waals surface area contributed by atoms with Crippen molar-refractivity contribution in [1.29, 1.82) is 0 Å². The summed E-state index contributed by atoms with van der Waals surface area (Å²) >= 11 is 0. The van der Waals surface area contributed by atoms with E-state index in [1.807, 2.05) is 0 Å². The van der Waals surface area contributed by atoms with Crippen LogP contribution in [0.4, 0.5) is 18.9 Å². The average molecular weight is 336 g/mol. The van der Waals surface area contributed by atoms with Gasteiger partial charge < -0.3 is 4.74 Å². The van der Waals surface area contributed by atoms with Crippen LogP contribution in [0.5, 0.6) is 5.75 Å². The first-order chi connectivity index (χ1) is 11.5. The molecule has 0 aliphatic heterocycles. The van der Waals surface area contributed by atoms with Gasteiger partial charge in [0.15, 0.2) is 0 Å². The van der Waals surface area contributed by atoms with Crippen LogP contribution >= 0.6 is 0 Å². The molecular weight excluding hydrogens is 317 g/mol. The van der Waals surface area contributed by atoms with E-state index in [1.165, 1.54) is 24.4 Å². The quantitative estimate of drug-likeness (QED) is 0.421. The highest BCUT2D eigenvalue weighted by Crippen LogP contribution is 2.34. The fraction of sp³-hybridized carbons (Fsp3) is 0.278. The lowest BCUT2D eigenvalue weighted by molar-refractivity contribution is -0.136. The number of hydrazone groups is 1. The van der Waals surface area contributed by atoms with E-state index in [0.29, 0.717) is 6.61 Å². The van der Waals surface area contributed by atoms with Crippen LogP contribution in [0.2, 0.25) is 0 Å². The fourth-order valence-electron chi connectivity index (χ4n) is 1.99. The molecule has 0 saturated carbocycles. The number of unbranched alkanes of at least 4 members (excludes halogenated alkanes) is 1. The Morgan fingerprint density at radius 3 is 2.46 bits per heavy atom. The van der Waals surface area contributed by atoms with Gasteiger partial charge in [0.25, 0.3) is 0 Å². The first kappa shape index (κ1) is 17.8. The predicted molar refractivity (Wildman–Crippen MR) is 89.5 cm³/mol. The van der Waals surface area contributed by atoms with Gasteiger partial charge in [-0.25, -0.2) is 0 Å². The number of nitrogens with zero attached hydrogens (tertiary/aromatic N) is 1. The van der Waals surface area contributed by atoms with Crippen molar-refractivity contribution in [2.24, 2.45) is 5.10 Å². The minimum atomic E-state index is -4.42. The Hall–Kier alpha value is -2.50. The van der Waals surface area contributed by atoms with Crippen molar-refractivity contribution in [2.75, 3.05) is 12.0 Å². The summed E-state index contributed by atoms with van der Waals surface area (Å²) in [6.45, 7) is 2.76. The fourth-order valence-corrected chi connectivity index (χ4v) is 1.99. The maximum absolute atomic E-state index is 12.9. The van der Waals surface area contributed by atoms with Crippen LogP contribution in [-0.2, 0) is 6.18 Å². The van der Waals surface area contributed by atoms with Crippen molar-refractivity contribution in [3.8, 4) is 5.75 Å². The summed E-state index contributed by atoms with van der Waals surface area (Å²) < 4.78 is 44.1. The third-order valence-electron chi connectivity index (χ3n) is 3.28. The number of rotatable bonds is 7. The van der Waals surface area contributed by atoms with Gasteiger partial charge in [-0.2, -0.15) is 18.3 Å². The van der Waals surface area contributed by atoms with Gasteiger partial charge >= 0.3 is 6.18 Å². The average Bonchev–Trinajstić information content (AvgIpc) is 2.56. The SMILES string of the molecule is CCCCOc1ccc(/C=N\Nc2ccccc2C(F)(F)F)cc1. The predicted octanol–water partition coefficient (Wildman–Crippen LogP) is 5.33. The van der Waals surface area contributed by atoms with E-state index < -0.39 is 11.7 Å². The molecule has 0 aliphatic carbocycles. The summed E-state index contributed by atoms with van der Waals surface area (Å²) in [4.78, 5) is 0. The highest BCUT2D eigenvalue weighted by atomic mass is 19.4. The van der Waals surface area contributed by atoms with Crippen molar-refractivity contribution in [2.45, 2.75) is 25.9 Å². The summed E-state index contributed by atoms with van der Waals surface area (Å²) in [6, 6.07) is 12.4. The Balaban J connectivity index is 1.97. The Morgan fingerprint density at radius 2 is 1.79 bits per heavy atom. The zero-order valence-electron chi connectivity index (χ0n) is 13.3. The van der Waals surface area contributed by atoms with Crippen LogP contribution < -0.4 is 10.2 Å². The van der Waals surface area contributed by atoms with E-state index in [-0.39, 0.29) is 5.69 Å². The number of anilines is 1. The molecule has 0 saturated heterocycles. The lowest BCUT2D eigenvalue weighted by Crippen LogP contribution is -2.08. The Labute approximate surface area is 139 Å². The molecule has 2 aromatic rings. The molecule has 0 aliphatic rings. The molecule has 6 heteroatoms. The number of para-hydroxylation sites is 1. The van der Waals surface area contributed by atoms with Crippen LogP contribution in [0, 0.1) is 0 Å². The molecule has 3 nitrogen and oxygen atoms in total. The Morgan fingerprint density at radius 1 is 1.08 bits per heavy atom. The summed E-state index contributed by atoms with van der Waals surface area (Å²) in [5.74, 6) is 0.760. The Bertz CT molecular complexity index is 667. The van der Waals surface area contributed by atoms with E-state index in [4.69, 9.17) is 4.74 Å². The molecular formula is C18H19F3N2O. The van der Waals surface area contributed by atoms with Crippen molar-refractivity contribution in [1.82, 2.24) is 0 Å². The minimum Gasteiger partial charge on any atom is -0.494 e. The summed E-state index contributed by atoms with van der Waals surface area (Å²) in [5, 5.41) is 3.88. The molecule has 0 fully saturated rings. The molecule has 0 atom stereocenters. The van der Waals surface area contributed by atoms with Gasteiger partial charge in [0.1, 0.15) is 5.75 Å². The van der Waals surface area contributed by atoms with Crippen LogP contribution in [-0.4, -0.2) is 12.8 Å². The summed E-state index contributed by atoms with van der Waals surface area (Å²) in [6.07, 6.45) is -0.902. The van der Waals surface area contributed by atoms with Gasteiger partial charge in [-0.1, -0.05) is 25.5 Å². The molecule has 2 aromatic carbocycles. The smallest absolute Gasteiger partial charge is 0.418 e. The summed E-state index contributed by atoms with van der Waals surface area (Å²) in [7, 11) is 0. The van der Waals surface area contributed by atoms with Gasteiger partial charge in [-0.15, -0.1) is 0 Å². The number of hydrogen-bond acceptors (Lipinski definition) is 3. The minimum absolute atomic E-state index is 0.0826. The third kappa shape index (κ3) is 5.30. The van der Waals surface area contributed by atoms with Crippen molar-refractivity contribution < 1.29 is 17.9 Å². The van der Waals surface area contributed by atoms with E-state index in [0.717, 1.165) is 30.2 Å². The van der Waals surface area contributed by atoms with Crippen molar-refractivity contribution in [3.63, 3.8) is 0 Å². The van der Waals surface area contributed by atoms with Crippen LogP contribution in [0.1, 0.15) is 30.9 Å². The second kappa shape index (κ2) is 8.38. The number of alkyl halides is 3. The highest BCUT2D eigenvalue weighted by Gasteiger charge is 2.33. The normalized spacial score (nSPS) is 11.7. The van der Waals surface area contributed by atoms with Gasteiger partial charge in [0, 0.05) is 0 Å². The standard InChI is InChI=1S/C18H19F3N2O/c1-2-3-12-24-15-10-8-14(9-11-15)13-22-23-17-7-5-4-6-16(17)18(19,20)21/h4-11,13,23H,2-3,12H2,1H3/b22-13-. The number of halogens is 3. The lowest BCUT2D eigenvalue weighted by Gasteiger charge is -2.11. The zero-order chi connectivity index (χ0) is 17.4. The molecule has 0 aromatic heterocycles. The van der Waals surface area contributed by atoms with Crippen LogP contribution in [0.3, 0.4) is 0 Å². The molecule has 128 valence electrons. The largest absolute Gasteiger partial charge is 0.494 e. The zero-order valence-corrected chi connectivity index (χ0v) is 13.3. The van der Waals surface area contributed by atoms with Gasteiger partial charge in [0.05, 0.1) is 24.1 Å². The monoisotopic (exact) mass is 336 g/mol. The van der Waals surface area contributed by atoms with E-state index in [2.05, 4.69) is 17.5 Å². The summed E-state index contributed by atoms with van der Waals surface area (Å²) in [5.41, 5.74) is 2.37. The van der Waals surface area contributed by atoms with Crippen molar-refractivity contribution in [3.05, 3.63) is 59.7 Å². The molecule has 1 N–H and O–H groups in total. The van der Waals surface area contributed by atoms with Gasteiger partial charge in [-0.05, 0) is 48.4 Å². The van der Waals surface area contributed by atoms with Crippen LogP contribution in [0.15, 0.2) is 53.6 Å². The van der Waals surface area contributed by atoms with Crippen LogP contribution in [0.25, 0.3) is 0 Å². The molecule has 0 spiro atoms. The molecule has 24 heavy (non-hydrogen) atoms. The number of benzene rings is 2. The second-order valence-electron chi connectivity index (χ2n) is 5.18. The third-order valence-corrected chi connectivity index (χ3v) is 3.28. The molecule has 0 unspecified atom stereocenters. The topological polar surface area (TPSA) is 33.6 Å².